The van der Waals surface area contributed by atoms with Gasteiger partial charge in [0.25, 0.3) is 0 Å². The fourth-order valence-corrected chi connectivity index (χ4v) is 10.1. The molecule has 68 heavy (non-hydrogen) atoms. The minimum Gasteiger partial charge on any atom is -0.309 e. The zero-order valence-corrected chi connectivity index (χ0v) is 36.9. The molecule has 5 heteroatoms. The summed E-state index contributed by atoms with van der Waals surface area (Å²) in [6.45, 7) is 0. The molecule has 0 saturated heterocycles. The van der Waals surface area contributed by atoms with Gasteiger partial charge in [0.15, 0.2) is 17.5 Å². The smallest absolute Gasteiger partial charge is 0.164 e. The van der Waals surface area contributed by atoms with Crippen molar-refractivity contribution in [2.75, 3.05) is 0 Å². The van der Waals surface area contributed by atoms with E-state index in [0.717, 1.165) is 55.8 Å². The Morgan fingerprint density at radius 1 is 0.235 bits per heavy atom. The molecule has 5 nitrogen and oxygen atoms in total. The Labute approximate surface area is 393 Å². The van der Waals surface area contributed by atoms with Crippen molar-refractivity contribution in [3.8, 4) is 78.9 Å². The Morgan fingerprint density at radius 3 is 1.19 bits per heavy atom. The highest BCUT2D eigenvalue weighted by Crippen LogP contribution is 2.42. The summed E-state index contributed by atoms with van der Waals surface area (Å²) in [6.07, 6.45) is 0. The van der Waals surface area contributed by atoms with Gasteiger partial charge in [-0.15, -0.1) is 0 Å². The molecular formula is C63H41N5. The van der Waals surface area contributed by atoms with Gasteiger partial charge in [-0.2, -0.15) is 0 Å². The molecule has 0 fully saturated rings. The summed E-state index contributed by atoms with van der Waals surface area (Å²) in [6, 6.07) is 88.2. The second-order valence-corrected chi connectivity index (χ2v) is 17.2. The van der Waals surface area contributed by atoms with Crippen LogP contribution >= 0.6 is 0 Å². The highest BCUT2D eigenvalue weighted by atomic mass is 15.0. The highest BCUT2D eigenvalue weighted by Gasteiger charge is 2.20. The van der Waals surface area contributed by atoms with Crippen molar-refractivity contribution in [2.24, 2.45) is 0 Å². The predicted molar refractivity (Wildman–Crippen MR) is 281 cm³/mol. The fraction of sp³-hybridized carbons (Fsp3) is 0. The molecule has 0 aliphatic carbocycles. The summed E-state index contributed by atoms with van der Waals surface area (Å²) >= 11 is 0. The molecule has 0 amide bonds. The van der Waals surface area contributed by atoms with Crippen LogP contribution in [0.25, 0.3) is 123 Å². The molecule has 0 atom stereocenters. The lowest BCUT2D eigenvalue weighted by Gasteiger charge is -2.12. The Bertz CT molecular complexity index is 3980. The SMILES string of the molecule is c1ccc(-c2ccc(-c3nc(-c4ccccc4)nc(-c4cccc(-c5cccc6c5c5ccccc5n6-c5ccc(-c6cccc7c6c6ccccc6n7-c6ccccc6)cc5)c4)n3)cc2)cc1. The Hall–Kier alpha value is -9.19. The van der Waals surface area contributed by atoms with Crippen molar-refractivity contribution < 1.29 is 0 Å². The number of hydrogen-bond donors (Lipinski definition) is 0. The maximum Gasteiger partial charge on any atom is 0.164 e. The second-order valence-electron chi connectivity index (χ2n) is 17.2. The number of hydrogen-bond acceptors (Lipinski definition) is 3. The first-order valence-corrected chi connectivity index (χ1v) is 23.0. The summed E-state index contributed by atoms with van der Waals surface area (Å²) in [5.41, 5.74) is 16.7. The first-order chi connectivity index (χ1) is 33.7. The van der Waals surface area contributed by atoms with Crippen LogP contribution in [0, 0.1) is 0 Å². The number of fused-ring (bicyclic) bond motifs is 6. The molecule has 318 valence electrons. The van der Waals surface area contributed by atoms with Gasteiger partial charge in [0.05, 0.1) is 22.1 Å². The van der Waals surface area contributed by atoms with Crippen LogP contribution in [0.2, 0.25) is 0 Å². The molecule has 0 saturated carbocycles. The maximum absolute atomic E-state index is 5.14. The van der Waals surface area contributed by atoms with Crippen LogP contribution in [0.5, 0.6) is 0 Å². The van der Waals surface area contributed by atoms with Gasteiger partial charge in [-0.1, -0.05) is 194 Å². The minimum atomic E-state index is 0.623. The molecule has 13 rings (SSSR count). The first-order valence-electron chi connectivity index (χ1n) is 23.0. The van der Waals surface area contributed by atoms with Gasteiger partial charge in [0.2, 0.25) is 0 Å². The van der Waals surface area contributed by atoms with E-state index in [2.05, 4.69) is 221 Å². The average molecular weight is 868 g/mol. The lowest BCUT2D eigenvalue weighted by molar-refractivity contribution is 1.07. The number of rotatable bonds is 8. The van der Waals surface area contributed by atoms with Crippen LogP contribution in [0.1, 0.15) is 0 Å². The van der Waals surface area contributed by atoms with E-state index in [4.69, 9.17) is 15.0 Å². The van der Waals surface area contributed by atoms with Crippen LogP contribution in [-0.2, 0) is 0 Å². The third kappa shape index (κ3) is 6.68. The Kier molecular flexibility index (Phi) is 9.43. The van der Waals surface area contributed by atoms with E-state index in [-0.39, 0.29) is 0 Å². The number of aromatic nitrogens is 5. The predicted octanol–water partition coefficient (Wildman–Crippen LogP) is 16.1. The summed E-state index contributed by atoms with van der Waals surface area (Å²) < 4.78 is 4.78. The standard InChI is InChI=1S/C63H41N5/c1-4-17-42(18-5-1)43-33-35-46(36-34-43)62-64-61(45-19-6-2-7-20-45)65-63(66-62)48-22-14-21-47(41-48)52-28-16-32-58-60(52)54-26-11-13-30-56(54)68(58)50-39-37-44(38-40-50)51-27-15-31-57-59(51)53-25-10-12-29-55(53)67(57)49-23-8-3-9-24-49/h1-41H. The number of para-hydroxylation sites is 3. The molecule has 3 aromatic heterocycles. The van der Waals surface area contributed by atoms with E-state index in [0.29, 0.717) is 17.5 Å². The third-order valence-electron chi connectivity index (χ3n) is 13.2. The van der Waals surface area contributed by atoms with Crippen LogP contribution in [0.15, 0.2) is 249 Å². The van der Waals surface area contributed by atoms with Crippen LogP contribution in [0.3, 0.4) is 0 Å². The summed E-state index contributed by atoms with van der Waals surface area (Å²) in [4.78, 5) is 15.3. The molecule has 3 heterocycles. The summed E-state index contributed by atoms with van der Waals surface area (Å²) in [5.74, 6) is 1.89. The topological polar surface area (TPSA) is 48.5 Å². The third-order valence-corrected chi connectivity index (χ3v) is 13.2. The van der Waals surface area contributed by atoms with Gasteiger partial charge >= 0.3 is 0 Å². The van der Waals surface area contributed by atoms with Gasteiger partial charge in [0.1, 0.15) is 0 Å². The molecule has 0 bridgehead atoms. The molecule has 0 spiro atoms. The molecule has 10 aromatic carbocycles. The van der Waals surface area contributed by atoms with Crippen molar-refractivity contribution in [2.45, 2.75) is 0 Å². The van der Waals surface area contributed by atoms with Gasteiger partial charge < -0.3 is 9.13 Å². The molecule has 0 radical (unpaired) electrons. The van der Waals surface area contributed by atoms with E-state index in [1.807, 2.05) is 36.4 Å². The van der Waals surface area contributed by atoms with Crippen molar-refractivity contribution in [3.05, 3.63) is 249 Å². The van der Waals surface area contributed by atoms with E-state index < -0.39 is 0 Å². The molecule has 0 N–H and O–H groups in total. The van der Waals surface area contributed by atoms with Gasteiger partial charge in [-0.05, 0) is 88.0 Å². The van der Waals surface area contributed by atoms with Crippen molar-refractivity contribution >= 4 is 43.6 Å². The lowest BCUT2D eigenvalue weighted by atomic mass is 9.97. The first kappa shape index (κ1) is 39.2. The largest absolute Gasteiger partial charge is 0.309 e. The van der Waals surface area contributed by atoms with Gasteiger partial charge in [-0.3, -0.25) is 0 Å². The highest BCUT2D eigenvalue weighted by molar-refractivity contribution is 6.17. The Balaban J connectivity index is 0.906. The fourth-order valence-electron chi connectivity index (χ4n) is 10.1. The number of benzene rings is 10. The Morgan fingerprint density at radius 2 is 0.603 bits per heavy atom. The molecule has 0 aliphatic rings. The van der Waals surface area contributed by atoms with Gasteiger partial charge in [-0.25, -0.2) is 15.0 Å². The van der Waals surface area contributed by atoms with Crippen molar-refractivity contribution in [1.82, 2.24) is 24.1 Å². The zero-order chi connectivity index (χ0) is 45.0. The molecule has 0 aliphatic heterocycles. The average Bonchev–Trinajstić information content (AvgIpc) is 3.95. The summed E-state index contributed by atoms with van der Waals surface area (Å²) in [7, 11) is 0. The maximum atomic E-state index is 5.14. The van der Waals surface area contributed by atoms with E-state index in [1.165, 1.54) is 49.3 Å². The van der Waals surface area contributed by atoms with E-state index in [9.17, 15) is 0 Å². The van der Waals surface area contributed by atoms with Crippen molar-refractivity contribution in [1.29, 1.82) is 0 Å². The number of nitrogens with zero attached hydrogens (tertiary/aromatic N) is 5. The van der Waals surface area contributed by atoms with E-state index >= 15 is 0 Å². The van der Waals surface area contributed by atoms with E-state index in [1.54, 1.807) is 0 Å². The van der Waals surface area contributed by atoms with Crippen LogP contribution < -0.4 is 0 Å². The second kappa shape index (κ2) is 16.4. The minimum absolute atomic E-state index is 0.623. The molecular weight excluding hydrogens is 827 g/mol. The summed E-state index contributed by atoms with van der Waals surface area (Å²) in [5, 5.41) is 4.89. The van der Waals surface area contributed by atoms with Crippen LogP contribution in [0.4, 0.5) is 0 Å². The van der Waals surface area contributed by atoms with Gasteiger partial charge in [0, 0.05) is 49.6 Å². The monoisotopic (exact) mass is 867 g/mol. The zero-order valence-electron chi connectivity index (χ0n) is 36.9. The lowest BCUT2D eigenvalue weighted by Crippen LogP contribution is -2.00. The molecule has 0 unspecified atom stereocenters. The van der Waals surface area contributed by atoms with Crippen LogP contribution in [-0.4, -0.2) is 24.1 Å². The molecule has 13 aromatic rings. The quantitative estimate of drug-likeness (QED) is 0.153. The normalized spacial score (nSPS) is 11.5. The van der Waals surface area contributed by atoms with Crippen molar-refractivity contribution in [3.63, 3.8) is 0 Å².